The number of hydrogen-bond acceptors (Lipinski definition) is 5. The van der Waals surface area contributed by atoms with Gasteiger partial charge in [-0.15, -0.1) is 0 Å². The van der Waals surface area contributed by atoms with Crippen LogP contribution in [0, 0.1) is 13.8 Å². The molecule has 2 N–H and O–H groups in total. The summed E-state index contributed by atoms with van der Waals surface area (Å²) in [4.78, 5) is 16.3. The van der Waals surface area contributed by atoms with Gasteiger partial charge in [-0.2, -0.15) is 0 Å². The van der Waals surface area contributed by atoms with E-state index in [-0.39, 0.29) is 18.4 Å². The van der Waals surface area contributed by atoms with Crippen LogP contribution in [0.1, 0.15) is 48.0 Å². The molecule has 0 fully saturated rings. The molecule has 3 rings (SSSR count). The number of esters is 1. The average Bonchev–Trinajstić information content (AvgIpc) is 3.10. The van der Waals surface area contributed by atoms with Crippen LogP contribution in [0.3, 0.4) is 0 Å². The lowest BCUT2D eigenvalue weighted by Gasteiger charge is -2.18. The van der Waals surface area contributed by atoms with Crippen molar-refractivity contribution in [2.75, 3.05) is 13.2 Å². The van der Waals surface area contributed by atoms with Gasteiger partial charge in [-0.1, -0.05) is 30.3 Å². The first kappa shape index (κ1) is 23.7. The predicted molar refractivity (Wildman–Crippen MR) is 126 cm³/mol. The minimum Gasteiger partial charge on any atom is -0.466 e. The van der Waals surface area contributed by atoms with E-state index in [9.17, 15) is 9.90 Å². The largest absolute Gasteiger partial charge is 0.466 e. The molecule has 0 aliphatic heterocycles. The van der Waals surface area contributed by atoms with Crippen molar-refractivity contribution in [3.63, 3.8) is 0 Å². The molecule has 0 bridgehead atoms. The fourth-order valence-corrected chi connectivity index (χ4v) is 3.86. The van der Waals surface area contributed by atoms with Gasteiger partial charge in [0.15, 0.2) is 0 Å². The molecule has 0 radical (unpaired) electrons. The lowest BCUT2D eigenvalue weighted by molar-refractivity contribution is -0.142. The van der Waals surface area contributed by atoms with Crippen molar-refractivity contribution in [3.05, 3.63) is 82.8 Å². The summed E-state index contributed by atoms with van der Waals surface area (Å²) in [5.74, 6) is 0.644. The molecule has 2 atom stereocenters. The van der Waals surface area contributed by atoms with Crippen LogP contribution in [-0.4, -0.2) is 39.8 Å². The summed E-state index contributed by atoms with van der Waals surface area (Å²) in [6.45, 7) is 8.83. The third-order valence-corrected chi connectivity index (χ3v) is 5.50. The number of nitrogens with one attached hydrogen (secondary N) is 1. The highest BCUT2D eigenvalue weighted by atomic mass is 16.5. The number of pyridine rings is 1. The van der Waals surface area contributed by atoms with Crippen molar-refractivity contribution in [2.24, 2.45) is 0 Å². The first-order chi connectivity index (χ1) is 15.4. The molecule has 0 spiro atoms. The van der Waals surface area contributed by atoms with Crippen molar-refractivity contribution in [1.82, 2.24) is 14.9 Å². The summed E-state index contributed by atoms with van der Waals surface area (Å²) in [6, 6.07) is 16.2. The average molecular weight is 436 g/mol. The molecule has 170 valence electrons. The SMILES string of the molecule is CCOC(=O)Cc1cccc(CC(C)NCC(O)c2ccc(-n3c(C)ccc3C)nc2)c1. The lowest BCUT2D eigenvalue weighted by Crippen LogP contribution is -2.32. The van der Waals surface area contributed by atoms with Crippen LogP contribution in [0.2, 0.25) is 0 Å². The van der Waals surface area contributed by atoms with Crippen LogP contribution in [-0.2, 0) is 22.4 Å². The summed E-state index contributed by atoms with van der Waals surface area (Å²) in [7, 11) is 0. The fourth-order valence-electron chi connectivity index (χ4n) is 3.86. The van der Waals surface area contributed by atoms with Crippen LogP contribution in [0.15, 0.2) is 54.7 Å². The zero-order chi connectivity index (χ0) is 23.1. The van der Waals surface area contributed by atoms with E-state index in [1.54, 1.807) is 6.20 Å². The van der Waals surface area contributed by atoms with E-state index >= 15 is 0 Å². The van der Waals surface area contributed by atoms with Gasteiger partial charge in [0.05, 0.1) is 19.1 Å². The topological polar surface area (TPSA) is 76.4 Å². The number of aromatic nitrogens is 2. The van der Waals surface area contributed by atoms with Crippen molar-refractivity contribution in [3.8, 4) is 5.82 Å². The van der Waals surface area contributed by atoms with Crippen LogP contribution >= 0.6 is 0 Å². The van der Waals surface area contributed by atoms with Crippen molar-refractivity contribution in [2.45, 2.75) is 52.7 Å². The second-order valence-electron chi connectivity index (χ2n) is 8.23. The molecular formula is C26H33N3O3. The molecule has 6 heteroatoms. The summed E-state index contributed by atoms with van der Waals surface area (Å²) < 4.78 is 7.12. The van der Waals surface area contributed by atoms with Crippen LogP contribution in [0.5, 0.6) is 0 Å². The van der Waals surface area contributed by atoms with Crippen molar-refractivity contribution in [1.29, 1.82) is 0 Å². The smallest absolute Gasteiger partial charge is 0.310 e. The van der Waals surface area contributed by atoms with Gasteiger partial charge < -0.3 is 19.7 Å². The van der Waals surface area contributed by atoms with Crippen molar-refractivity contribution < 1.29 is 14.6 Å². The summed E-state index contributed by atoms with van der Waals surface area (Å²) in [5, 5.41) is 14.0. The van der Waals surface area contributed by atoms with Crippen LogP contribution in [0.4, 0.5) is 0 Å². The molecule has 0 aliphatic rings. The number of aliphatic hydroxyl groups is 1. The third kappa shape index (κ3) is 6.28. The molecular weight excluding hydrogens is 402 g/mol. The zero-order valence-corrected chi connectivity index (χ0v) is 19.3. The second-order valence-corrected chi connectivity index (χ2v) is 8.23. The third-order valence-electron chi connectivity index (χ3n) is 5.50. The van der Waals surface area contributed by atoms with E-state index in [0.717, 1.165) is 40.3 Å². The minimum absolute atomic E-state index is 0.167. The maximum Gasteiger partial charge on any atom is 0.310 e. The zero-order valence-electron chi connectivity index (χ0n) is 19.3. The highest BCUT2D eigenvalue weighted by molar-refractivity contribution is 5.72. The molecule has 32 heavy (non-hydrogen) atoms. The molecule has 0 aliphatic carbocycles. The Bertz CT molecular complexity index is 1010. The number of carbonyl (C=O) groups is 1. The Morgan fingerprint density at radius 2 is 1.84 bits per heavy atom. The second kappa shape index (κ2) is 11.1. The van der Waals surface area contributed by atoms with Gasteiger partial charge >= 0.3 is 5.97 Å². The Kier molecular flexibility index (Phi) is 8.20. The van der Waals surface area contributed by atoms with E-state index in [0.29, 0.717) is 13.2 Å². The Hall–Kier alpha value is -2.96. The Morgan fingerprint density at radius 1 is 1.12 bits per heavy atom. The Labute approximate surface area is 190 Å². The van der Waals surface area contributed by atoms with E-state index < -0.39 is 6.10 Å². The van der Waals surface area contributed by atoms with Gasteiger partial charge in [-0.25, -0.2) is 4.98 Å². The summed E-state index contributed by atoms with van der Waals surface area (Å²) in [5.41, 5.74) is 5.14. The maximum atomic E-state index is 11.7. The van der Waals surface area contributed by atoms with E-state index in [4.69, 9.17) is 4.74 Å². The number of nitrogens with zero attached hydrogens (tertiary/aromatic N) is 2. The summed E-state index contributed by atoms with van der Waals surface area (Å²) >= 11 is 0. The number of hydrogen-bond donors (Lipinski definition) is 2. The van der Waals surface area contributed by atoms with Gasteiger partial charge in [0.25, 0.3) is 0 Å². The first-order valence-corrected chi connectivity index (χ1v) is 11.1. The molecule has 2 aromatic heterocycles. The van der Waals surface area contributed by atoms with E-state index in [1.807, 2.05) is 37.3 Å². The summed E-state index contributed by atoms with van der Waals surface area (Å²) in [6.07, 6.45) is 2.19. The standard InChI is InChI=1S/C26H33N3O3/c1-5-32-26(31)15-22-8-6-7-21(14-22)13-18(2)27-17-24(30)23-11-12-25(28-16-23)29-19(3)9-10-20(29)4/h6-12,14,16,18,24,27,30H,5,13,15,17H2,1-4H3. The van der Waals surface area contributed by atoms with Gasteiger partial charge in [0.1, 0.15) is 5.82 Å². The molecule has 6 nitrogen and oxygen atoms in total. The normalized spacial score (nSPS) is 13.0. The van der Waals surface area contributed by atoms with Crippen LogP contribution < -0.4 is 5.32 Å². The minimum atomic E-state index is -0.638. The Morgan fingerprint density at radius 3 is 2.50 bits per heavy atom. The number of benzene rings is 1. The van der Waals surface area contributed by atoms with E-state index in [2.05, 4.69) is 53.8 Å². The molecule has 0 amide bonds. The van der Waals surface area contributed by atoms with Gasteiger partial charge in [-0.05, 0) is 63.4 Å². The van der Waals surface area contributed by atoms with E-state index in [1.165, 1.54) is 0 Å². The Balaban J connectivity index is 1.52. The monoisotopic (exact) mass is 435 g/mol. The fraction of sp³-hybridized carbons (Fsp3) is 0.385. The number of carbonyl (C=O) groups excluding carboxylic acids is 1. The molecule has 0 saturated carbocycles. The highest BCUT2D eigenvalue weighted by Gasteiger charge is 2.12. The van der Waals surface area contributed by atoms with Crippen molar-refractivity contribution >= 4 is 5.97 Å². The first-order valence-electron chi connectivity index (χ1n) is 11.1. The quantitative estimate of drug-likeness (QED) is 0.473. The maximum absolute atomic E-state index is 11.7. The number of ether oxygens (including phenoxy) is 1. The van der Waals surface area contributed by atoms with Gasteiger partial charge in [-0.3, -0.25) is 4.79 Å². The molecule has 0 saturated heterocycles. The lowest BCUT2D eigenvalue weighted by atomic mass is 10.0. The molecule has 3 aromatic rings. The predicted octanol–water partition coefficient (Wildman–Crippen LogP) is 3.85. The number of aryl methyl sites for hydroxylation is 2. The molecule has 2 unspecified atom stereocenters. The molecule has 1 aromatic carbocycles. The number of rotatable bonds is 10. The van der Waals surface area contributed by atoms with Gasteiger partial charge in [0, 0.05) is 35.7 Å². The molecule has 2 heterocycles. The van der Waals surface area contributed by atoms with Crippen LogP contribution in [0.25, 0.3) is 5.82 Å². The number of aliphatic hydroxyl groups excluding tert-OH is 1. The van der Waals surface area contributed by atoms with Gasteiger partial charge in [0.2, 0.25) is 0 Å². The highest BCUT2D eigenvalue weighted by Crippen LogP contribution is 2.17.